The number of para-hydroxylation sites is 1. The fourth-order valence-electron chi connectivity index (χ4n) is 4.50. The SMILES string of the molecule is CCc1cccc2c(CCNC(=NC)NCCCc3nnc4n3CCCCC4)c[nH]c12.I. The van der Waals surface area contributed by atoms with E-state index in [1.54, 1.807) is 0 Å². The fraction of sp³-hybridized carbons (Fsp3) is 0.542. The molecule has 0 saturated heterocycles. The highest BCUT2D eigenvalue weighted by atomic mass is 127. The van der Waals surface area contributed by atoms with Gasteiger partial charge in [0.1, 0.15) is 11.6 Å². The lowest BCUT2D eigenvalue weighted by molar-refractivity contribution is 0.594. The minimum Gasteiger partial charge on any atom is -0.361 e. The van der Waals surface area contributed by atoms with Gasteiger partial charge in [-0.15, -0.1) is 34.2 Å². The zero-order valence-electron chi connectivity index (χ0n) is 19.3. The fourth-order valence-corrected chi connectivity index (χ4v) is 4.50. The Hall–Kier alpha value is -2.10. The third-order valence-corrected chi connectivity index (χ3v) is 6.23. The van der Waals surface area contributed by atoms with Gasteiger partial charge in [0.05, 0.1) is 0 Å². The van der Waals surface area contributed by atoms with Gasteiger partial charge in [0.2, 0.25) is 0 Å². The van der Waals surface area contributed by atoms with E-state index in [0.29, 0.717) is 0 Å². The van der Waals surface area contributed by atoms with E-state index in [4.69, 9.17) is 0 Å². The molecule has 0 saturated carbocycles. The van der Waals surface area contributed by atoms with Gasteiger partial charge in [-0.05, 0) is 43.2 Å². The highest BCUT2D eigenvalue weighted by molar-refractivity contribution is 14.0. The predicted octanol–water partition coefficient (Wildman–Crippen LogP) is 4.01. The zero-order valence-corrected chi connectivity index (χ0v) is 21.6. The van der Waals surface area contributed by atoms with Crippen LogP contribution in [0.25, 0.3) is 10.9 Å². The van der Waals surface area contributed by atoms with E-state index in [0.717, 1.165) is 63.5 Å². The number of aromatic nitrogens is 4. The highest BCUT2D eigenvalue weighted by Gasteiger charge is 2.14. The molecule has 2 aromatic heterocycles. The molecular formula is C24H36IN7. The molecule has 1 aromatic carbocycles. The summed E-state index contributed by atoms with van der Waals surface area (Å²) in [4.78, 5) is 7.82. The second-order valence-electron chi connectivity index (χ2n) is 8.28. The Balaban J connectivity index is 0.00000289. The summed E-state index contributed by atoms with van der Waals surface area (Å²) in [5.74, 6) is 3.16. The van der Waals surface area contributed by atoms with Gasteiger partial charge < -0.3 is 20.2 Å². The molecule has 0 atom stereocenters. The number of aromatic amines is 1. The highest BCUT2D eigenvalue weighted by Crippen LogP contribution is 2.22. The number of fused-ring (bicyclic) bond motifs is 2. The number of halogens is 1. The van der Waals surface area contributed by atoms with Crippen LogP contribution in [-0.4, -0.2) is 45.8 Å². The Labute approximate surface area is 207 Å². The molecule has 3 N–H and O–H groups in total. The minimum atomic E-state index is 0. The van der Waals surface area contributed by atoms with E-state index < -0.39 is 0 Å². The molecular weight excluding hydrogens is 513 g/mol. The van der Waals surface area contributed by atoms with Crippen molar-refractivity contribution in [2.75, 3.05) is 20.1 Å². The van der Waals surface area contributed by atoms with Gasteiger partial charge in [-0.25, -0.2) is 0 Å². The van der Waals surface area contributed by atoms with Crippen molar-refractivity contribution in [3.05, 3.63) is 47.2 Å². The molecule has 4 rings (SSSR count). The van der Waals surface area contributed by atoms with Crippen LogP contribution in [0.2, 0.25) is 0 Å². The molecule has 7 nitrogen and oxygen atoms in total. The first-order valence-electron chi connectivity index (χ1n) is 11.7. The number of hydrogen-bond acceptors (Lipinski definition) is 3. The summed E-state index contributed by atoms with van der Waals surface area (Å²) in [7, 11) is 1.83. The molecule has 0 unspecified atom stereocenters. The predicted molar refractivity (Wildman–Crippen MR) is 142 cm³/mol. The molecule has 0 bridgehead atoms. The maximum absolute atomic E-state index is 4.43. The molecule has 1 aliphatic rings. The van der Waals surface area contributed by atoms with Gasteiger partial charge in [-0.1, -0.05) is 31.5 Å². The van der Waals surface area contributed by atoms with E-state index in [-0.39, 0.29) is 24.0 Å². The topological polar surface area (TPSA) is 82.9 Å². The molecule has 8 heteroatoms. The van der Waals surface area contributed by atoms with Crippen molar-refractivity contribution in [2.24, 2.45) is 4.99 Å². The van der Waals surface area contributed by atoms with E-state index in [1.165, 1.54) is 47.1 Å². The quantitative estimate of drug-likeness (QED) is 0.172. The van der Waals surface area contributed by atoms with Gasteiger partial charge in [-0.3, -0.25) is 4.99 Å². The lowest BCUT2D eigenvalue weighted by atomic mass is 10.1. The van der Waals surface area contributed by atoms with Crippen molar-refractivity contribution in [1.82, 2.24) is 30.4 Å². The summed E-state index contributed by atoms with van der Waals surface area (Å²) in [6.07, 6.45) is 10.9. The first-order chi connectivity index (χ1) is 15.3. The summed E-state index contributed by atoms with van der Waals surface area (Å²) < 4.78 is 2.34. The summed E-state index contributed by atoms with van der Waals surface area (Å²) in [5, 5.41) is 17.0. The van der Waals surface area contributed by atoms with Gasteiger partial charge in [0, 0.05) is 56.6 Å². The molecule has 0 radical (unpaired) electrons. The van der Waals surface area contributed by atoms with Gasteiger partial charge >= 0.3 is 0 Å². The maximum atomic E-state index is 4.43. The Bertz CT molecular complexity index is 1020. The molecule has 174 valence electrons. The summed E-state index contributed by atoms with van der Waals surface area (Å²) in [6, 6.07) is 6.56. The first-order valence-corrected chi connectivity index (χ1v) is 11.7. The number of hydrogen-bond donors (Lipinski definition) is 3. The van der Waals surface area contributed by atoms with E-state index in [2.05, 4.69) is 66.7 Å². The largest absolute Gasteiger partial charge is 0.361 e. The van der Waals surface area contributed by atoms with Crippen molar-refractivity contribution in [3.8, 4) is 0 Å². The smallest absolute Gasteiger partial charge is 0.190 e. The van der Waals surface area contributed by atoms with Crippen LogP contribution in [0.5, 0.6) is 0 Å². The minimum absolute atomic E-state index is 0. The molecule has 0 amide bonds. The van der Waals surface area contributed by atoms with Crippen molar-refractivity contribution in [2.45, 2.75) is 64.8 Å². The normalized spacial score (nSPS) is 14.0. The molecule has 0 aliphatic carbocycles. The number of benzene rings is 1. The average molecular weight is 550 g/mol. The van der Waals surface area contributed by atoms with Crippen molar-refractivity contribution in [1.29, 1.82) is 0 Å². The Kier molecular flexibility index (Phi) is 9.37. The van der Waals surface area contributed by atoms with Crippen LogP contribution in [0.3, 0.4) is 0 Å². The third kappa shape index (κ3) is 5.82. The van der Waals surface area contributed by atoms with Crippen LogP contribution >= 0.6 is 24.0 Å². The van der Waals surface area contributed by atoms with Crippen LogP contribution in [0, 0.1) is 0 Å². The van der Waals surface area contributed by atoms with Crippen molar-refractivity contribution >= 4 is 40.8 Å². The van der Waals surface area contributed by atoms with E-state index in [9.17, 15) is 0 Å². The molecule has 32 heavy (non-hydrogen) atoms. The first kappa shape index (κ1) is 24.5. The number of aryl methyl sites for hydroxylation is 3. The van der Waals surface area contributed by atoms with Gasteiger partial charge in [-0.2, -0.15) is 0 Å². The zero-order chi connectivity index (χ0) is 21.5. The van der Waals surface area contributed by atoms with Gasteiger partial charge in [0.15, 0.2) is 5.96 Å². The second kappa shape index (κ2) is 12.2. The number of nitrogens with one attached hydrogen (secondary N) is 3. The Morgan fingerprint density at radius 3 is 2.81 bits per heavy atom. The molecule has 0 spiro atoms. The van der Waals surface area contributed by atoms with Gasteiger partial charge in [0.25, 0.3) is 0 Å². The average Bonchev–Trinajstić information content (AvgIpc) is 3.31. The number of nitrogens with zero attached hydrogens (tertiary/aromatic N) is 4. The van der Waals surface area contributed by atoms with Crippen molar-refractivity contribution < 1.29 is 0 Å². The summed E-state index contributed by atoms with van der Waals surface area (Å²) in [5.41, 5.74) is 3.99. The molecule has 0 fully saturated rings. The molecule has 1 aliphatic heterocycles. The maximum Gasteiger partial charge on any atom is 0.190 e. The van der Waals surface area contributed by atoms with Crippen molar-refractivity contribution in [3.63, 3.8) is 0 Å². The van der Waals surface area contributed by atoms with Crippen LogP contribution in [-0.2, 0) is 32.2 Å². The Morgan fingerprint density at radius 2 is 1.97 bits per heavy atom. The van der Waals surface area contributed by atoms with Crippen LogP contribution in [0.4, 0.5) is 0 Å². The third-order valence-electron chi connectivity index (χ3n) is 6.23. The van der Waals surface area contributed by atoms with E-state index in [1.807, 2.05) is 7.05 Å². The summed E-state index contributed by atoms with van der Waals surface area (Å²) >= 11 is 0. The summed E-state index contributed by atoms with van der Waals surface area (Å²) in [6.45, 7) is 4.99. The Morgan fingerprint density at radius 1 is 1.09 bits per heavy atom. The number of H-pyrrole nitrogens is 1. The lowest BCUT2D eigenvalue weighted by Crippen LogP contribution is -2.38. The van der Waals surface area contributed by atoms with Crippen LogP contribution in [0.1, 0.15) is 55.4 Å². The molecule has 3 heterocycles. The second-order valence-corrected chi connectivity index (χ2v) is 8.28. The van der Waals surface area contributed by atoms with Crippen LogP contribution in [0.15, 0.2) is 29.4 Å². The van der Waals surface area contributed by atoms with E-state index >= 15 is 0 Å². The lowest BCUT2D eigenvalue weighted by Gasteiger charge is -2.12. The number of guanidine groups is 1. The van der Waals surface area contributed by atoms with Crippen LogP contribution < -0.4 is 10.6 Å². The number of rotatable bonds is 8. The standard InChI is InChI=1S/C24H35N7.HI/c1-3-18-9-7-10-20-19(17-28-23(18)20)13-15-27-24(25-2)26-14-8-12-22-30-29-21-11-5-4-6-16-31(21)22;/h7,9-10,17,28H,3-6,8,11-16H2,1-2H3,(H2,25,26,27);1H. The molecule has 3 aromatic rings. The monoisotopic (exact) mass is 549 g/mol. The number of aliphatic imine (C=N–C) groups is 1.